The molecule has 0 saturated carbocycles. The van der Waals surface area contributed by atoms with Gasteiger partial charge in [0.25, 0.3) is 0 Å². The van der Waals surface area contributed by atoms with E-state index in [0.29, 0.717) is 17.7 Å². The van der Waals surface area contributed by atoms with Crippen molar-refractivity contribution in [1.82, 2.24) is 5.32 Å². The molecule has 0 aliphatic rings. The van der Waals surface area contributed by atoms with Crippen molar-refractivity contribution in [2.75, 3.05) is 0 Å². The lowest BCUT2D eigenvalue weighted by atomic mass is 10.1. The highest BCUT2D eigenvalue weighted by Gasteiger charge is 2.11. The van der Waals surface area contributed by atoms with Crippen molar-refractivity contribution in [2.24, 2.45) is 0 Å². The SMILES string of the molecule is CC(NCc1ccc(F)c(F)c1)c1cc(O)ccc1O. The fraction of sp³-hybridized carbons (Fsp3) is 0.200. The molecule has 0 radical (unpaired) electrons. The molecule has 20 heavy (non-hydrogen) atoms. The molecular weight excluding hydrogens is 264 g/mol. The Morgan fingerprint density at radius 3 is 2.50 bits per heavy atom. The average molecular weight is 279 g/mol. The predicted octanol–water partition coefficient (Wildman–Crippen LogP) is 3.23. The summed E-state index contributed by atoms with van der Waals surface area (Å²) in [6.45, 7) is 2.11. The summed E-state index contributed by atoms with van der Waals surface area (Å²) >= 11 is 0. The molecule has 0 aliphatic carbocycles. The number of hydrogen-bond donors (Lipinski definition) is 3. The third-order valence-corrected chi connectivity index (χ3v) is 3.07. The van der Waals surface area contributed by atoms with Gasteiger partial charge < -0.3 is 15.5 Å². The smallest absolute Gasteiger partial charge is 0.159 e. The second kappa shape index (κ2) is 5.88. The summed E-state index contributed by atoms with van der Waals surface area (Å²) in [5, 5.41) is 22.2. The minimum atomic E-state index is -0.892. The number of phenols is 2. The van der Waals surface area contributed by atoms with Crippen molar-refractivity contribution < 1.29 is 19.0 Å². The van der Waals surface area contributed by atoms with Crippen molar-refractivity contribution in [1.29, 1.82) is 0 Å². The molecule has 0 bridgehead atoms. The van der Waals surface area contributed by atoms with Gasteiger partial charge in [0.05, 0.1) is 0 Å². The number of aromatic hydroxyl groups is 2. The predicted molar refractivity (Wildman–Crippen MR) is 71.4 cm³/mol. The summed E-state index contributed by atoms with van der Waals surface area (Å²) in [6, 6.07) is 7.68. The summed E-state index contributed by atoms with van der Waals surface area (Å²) in [7, 11) is 0. The Morgan fingerprint density at radius 1 is 1.05 bits per heavy atom. The molecule has 2 aromatic carbocycles. The number of benzene rings is 2. The summed E-state index contributed by atoms with van der Waals surface area (Å²) in [6.07, 6.45) is 0. The first-order chi connectivity index (χ1) is 9.47. The van der Waals surface area contributed by atoms with Crippen LogP contribution in [0.25, 0.3) is 0 Å². The maximum Gasteiger partial charge on any atom is 0.159 e. The van der Waals surface area contributed by atoms with E-state index in [1.54, 1.807) is 6.92 Å². The topological polar surface area (TPSA) is 52.5 Å². The maximum absolute atomic E-state index is 13.1. The number of phenolic OH excluding ortho intramolecular Hbond substituents is 2. The Morgan fingerprint density at radius 2 is 1.80 bits per heavy atom. The largest absolute Gasteiger partial charge is 0.508 e. The van der Waals surface area contributed by atoms with E-state index >= 15 is 0 Å². The lowest BCUT2D eigenvalue weighted by molar-refractivity contribution is 0.440. The molecule has 1 unspecified atom stereocenters. The van der Waals surface area contributed by atoms with E-state index in [4.69, 9.17) is 0 Å². The van der Waals surface area contributed by atoms with Gasteiger partial charge in [-0.05, 0) is 42.8 Å². The van der Waals surface area contributed by atoms with Gasteiger partial charge in [-0.3, -0.25) is 0 Å². The number of hydrogen-bond acceptors (Lipinski definition) is 3. The average Bonchev–Trinajstić information content (AvgIpc) is 2.42. The Labute approximate surface area is 115 Å². The van der Waals surface area contributed by atoms with Gasteiger partial charge in [-0.2, -0.15) is 0 Å². The van der Waals surface area contributed by atoms with E-state index < -0.39 is 11.6 Å². The van der Waals surface area contributed by atoms with Crippen LogP contribution < -0.4 is 5.32 Å². The van der Waals surface area contributed by atoms with Gasteiger partial charge in [0.15, 0.2) is 11.6 Å². The van der Waals surface area contributed by atoms with Gasteiger partial charge in [0.1, 0.15) is 11.5 Å². The molecular formula is C15H15F2NO2. The highest BCUT2D eigenvalue weighted by atomic mass is 19.2. The molecule has 0 aliphatic heterocycles. The zero-order valence-electron chi connectivity index (χ0n) is 10.9. The lowest BCUT2D eigenvalue weighted by Gasteiger charge is -2.16. The third kappa shape index (κ3) is 3.24. The van der Waals surface area contributed by atoms with E-state index in [0.717, 1.165) is 12.1 Å². The van der Waals surface area contributed by atoms with Crippen molar-refractivity contribution in [3.05, 3.63) is 59.2 Å². The maximum atomic E-state index is 13.1. The summed E-state index contributed by atoms with van der Waals surface area (Å²) in [5.74, 6) is -1.66. The van der Waals surface area contributed by atoms with Crippen molar-refractivity contribution in [3.63, 3.8) is 0 Å². The Kier molecular flexibility index (Phi) is 4.20. The molecule has 0 spiro atoms. The molecule has 2 aromatic rings. The highest BCUT2D eigenvalue weighted by Crippen LogP contribution is 2.27. The summed E-state index contributed by atoms with van der Waals surface area (Å²) in [4.78, 5) is 0. The highest BCUT2D eigenvalue weighted by molar-refractivity contribution is 5.40. The van der Waals surface area contributed by atoms with Crippen LogP contribution in [-0.2, 0) is 6.54 Å². The number of halogens is 2. The van der Waals surface area contributed by atoms with Crippen LogP contribution in [0.4, 0.5) is 8.78 Å². The third-order valence-electron chi connectivity index (χ3n) is 3.07. The first kappa shape index (κ1) is 14.3. The van der Waals surface area contributed by atoms with E-state index in [2.05, 4.69) is 5.32 Å². The van der Waals surface area contributed by atoms with Crippen LogP contribution in [0.1, 0.15) is 24.1 Å². The second-order valence-electron chi connectivity index (χ2n) is 4.59. The molecule has 0 aromatic heterocycles. The lowest BCUT2D eigenvalue weighted by Crippen LogP contribution is -2.18. The van der Waals surface area contributed by atoms with E-state index in [1.807, 2.05) is 0 Å². The number of rotatable bonds is 4. The minimum Gasteiger partial charge on any atom is -0.508 e. The number of nitrogens with one attached hydrogen (secondary N) is 1. The zero-order valence-corrected chi connectivity index (χ0v) is 10.9. The van der Waals surface area contributed by atoms with Gasteiger partial charge in [0, 0.05) is 18.2 Å². The van der Waals surface area contributed by atoms with Crippen LogP contribution in [0.5, 0.6) is 11.5 Å². The molecule has 2 rings (SSSR count). The Balaban J connectivity index is 2.06. The Bertz CT molecular complexity index is 617. The minimum absolute atomic E-state index is 0.0549. The van der Waals surface area contributed by atoms with Crippen LogP contribution in [0.15, 0.2) is 36.4 Å². The molecule has 0 amide bonds. The molecule has 0 heterocycles. The monoisotopic (exact) mass is 279 g/mol. The second-order valence-corrected chi connectivity index (χ2v) is 4.59. The summed E-state index contributed by atoms with van der Waals surface area (Å²) < 4.78 is 25.9. The van der Waals surface area contributed by atoms with Gasteiger partial charge >= 0.3 is 0 Å². The van der Waals surface area contributed by atoms with Crippen molar-refractivity contribution >= 4 is 0 Å². The quantitative estimate of drug-likeness (QED) is 0.753. The molecule has 106 valence electrons. The summed E-state index contributed by atoms with van der Waals surface area (Å²) in [5.41, 5.74) is 1.13. The molecule has 5 heteroatoms. The van der Waals surface area contributed by atoms with E-state index in [1.165, 1.54) is 24.3 Å². The van der Waals surface area contributed by atoms with Gasteiger partial charge in [0.2, 0.25) is 0 Å². The van der Waals surface area contributed by atoms with Crippen molar-refractivity contribution in [3.8, 4) is 11.5 Å². The van der Waals surface area contributed by atoms with E-state index in [9.17, 15) is 19.0 Å². The van der Waals surface area contributed by atoms with E-state index in [-0.39, 0.29) is 17.5 Å². The molecule has 3 N–H and O–H groups in total. The fourth-order valence-corrected chi connectivity index (χ4v) is 1.92. The fourth-order valence-electron chi connectivity index (χ4n) is 1.92. The normalized spacial score (nSPS) is 12.3. The van der Waals surface area contributed by atoms with Crippen LogP contribution in [0.2, 0.25) is 0 Å². The van der Waals surface area contributed by atoms with Crippen LogP contribution in [0, 0.1) is 11.6 Å². The Hall–Kier alpha value is -2.14. The van der Waals surface area contributed by atoms with Gasteiger partial charge in [-0.15, -0.1) is 0 Å². The standard InChI is InChI=1S/C15H15F2NO2/c1-9(12-7-11(19)3-5-15(12)20)18-8-10-2-4-13(16)14(17)6-10/h2-7,9,18-20H,8H2,1H3. The van der Waals surface area contributed by atoms with Gasteiger partial charge in [-0.1, -0.05) is 6.07 Å². The molecule has 1 atom stereocenters. The molecule has 0 saturated heterocycles. The first-order valence-electron chi connectivity index (χ1n) is 6.16. The van der Waals surface area contributed by atoms with Crippen molar-refractivity contribution in [2.45, 2.75) is 19.5 Å². The molecule has 0 fully saturated rings. The van der Waals surface area contributed by atoms with Crippen LogP contribution in [-0.4, -0.2) is 10.2 Å². The first-order valence-corrected chi connectivity index (χ1v) is 6.16. The zero-order chi connectivity index (χ0) is 14.7. The van der Waals surface area contributed by atoms with Gasteiger partial charge in [-0.25, -0.2) is 8.78 Å². The van der Waals surface area contributed by atoms with Crippen LogP contribution >= 0.6 is 0 Å². The molecule has 3 nitrogen and oxygen atoms in total. The van der Waals surface area contributed by atoms with Crippen LogP contribution in [0.3, 0.4) is 0 Å².